The highest BCUT2D eigenvalue weighted by atomic mass is 79.9. The number of ether oxygens (including phenoxy) is 1. The number of nitrogens with zero attached hydrogens (tertiary/aromatic N) is 2. The van der Waals surface area contributed by atoms with Crippen LogP contribution in [-0.2, 0) is 6.42 Å². The van der Waals surface area contributed by atoms with E-state index >= 15 is 0 Å². The van der Waals surface area contributed by atoms with Gasteiger partial charge in [-0.25, -0.2) is 4.68 Å². The molecule has 26 heavy (non-hydrogen) atoms. The molecule has 0 unspecified atom stereocenters. The summed E-state index contributed by atoms with van der Waals surface area (Å²) in [5, 5.41) is 8.62. The average Bonchev–Trinajstić information content (AvgIpc) is 2.82. The Morgan fingerprint density at radius 2 is 2.04 bits per heavy atom. The van der Waals surface area contributed by atoms with E-state index in [4.69, 9.17) is 9.84 Å². The Hall–Kier alpha value is -2.27. The number of benzene rings is 2. The van der Waals surface area contributed by atoms with Gasteiger partial charge in [0.1, 0.15) is 17.3 Å². The number of hydrogen-bond acceptors (Lipinski definition) is 3. The summed E-state index contributed by atoms with van der Waals surface area (Å²) in [4.78, 5) is 0. The first-order valence-electron chi connectivity index (χ1n) is 8.94. The molecule has 1 N–H and O–H groups in total. The molecule has 134 valence electrons. The van der Waals surface area contributed by atoms with Gasteiger partial charge in [0.15, 0.2) is 0 Å². The molecule has 3 aromatic rings. The molecule has 1 aromatic heterocycles. The van der Waals surface area contributed by atoms with Crippen LogP contribution in [0.25, 0.3) is 16.9 Å². The fourth-order valence-corrected chi connectivity index (χ4v) is 3.89. The van der Waals surface area contributed by atoms with Crippen molar-refractivity contribution < 1.29 is 4.74 Å². The number of hydrogen-bond donors (Lipinski definition) is 1. The molecular formula is C21H22BrN3O. The van der Waals surface area contributed by atoms with Crippen LogP contribution in [0.3, 0.4) is 0 Å². The minimum atomic E-state index is 0.842. The zero-order chi connectivity index (χ0) is 18.1. The van der Waals surface area contributed by atoms with Crippen LogP contribution in [0.15, 0.2) is 46.9 Å². The maximum absolute atomic E-state index is 5.62. The van der Waals surface area contributed by atoms with Crippen molar-refractivity contribution in [1.82, 2.24) is 9.78 Å². The first-order valence-corrected chi connectivity index (χ1v) is 9.73. The lowest BCUT2D eigenvalue weighted by molar-refractivity contribution is 0.416. The average molecular weight is 412 g/mol. The molecule has 0 saturated heterocycles. The highest BCUT2D eigenvalue weighted by molar-refractivity contribution is 9.10. The summed E-state index contributed by atoms with van der Waals surface area (Å²) in [7, 11) is 1.71. The van der Waals surface area contributed by atoms with Gasteiger partial charge in [0.2, 0.25) is 0 Å². The normalized spacial score (nSPS) is 13.7. The highest BCUT2D eigenvalue weighted by Crippen LogP contribution is 2.39. The molecule has 0 spiro atoms. The quantitative estimate of drug-likeness (QED) is 0.629. The molecule has 1 aliphatic heterocycles. The van der Waals surface area contributed by atoms with Crippen molar-refractivity contribution in [2.45, 2.75) is 26.2 Å². The van der Waals surface area contributed by atoms with Gasteiger partial charge >= 0.3 is 0 Å². The number of anilines is 1. The predicted octanol–water partition coefficient (Wildman–Crippen LogP) is 5.37. The maximum Gasteiger partial charge on any atom is 0.133 e. The predicted molar refractivity (Wildman–Crippen MR) is 109 cm³/mol. The molecule has 0 aliphatic carbocycles. The second-order valence-corrected chi connectivity index (χ2v) is 7.57. The maximum atomic E-state index is 5.62. The van der Waals surface area contributed by atoms with Crippen LogP contribution in [-0.4, -0.2) is 23.4 Å². The molecular weight excluding hydrogens is 390 g/mol. The minimum absolute atomic E-state index is 0.842. The van der Waals surface area contributed by atoms with Crippen LogP contribution in [0.4, 0.5) is 5.82 Å². The number of methoxy groups -OCH3 is 1. The number of rotatable bonds is 3. The first-order chi connectivity index (χ1) is 12.7. The second-order valence-electron chi connectivity index (χ2n) is 6.66. The lowest BCUT2D eigenvalue weighted by Crippen LogP contribution is -2.07. The van der Waals surface area contributed by atoms with E-state index in [9.17, 15) is 0 Å². The summed E-state index contributed by atoms with van der Waals surface area (Å²) in [6.07, 6.45) is 3.33. The third-order valence-corrected chi connectivity index (χ3v) is 5.29. The molecule has 2 heterocycles. The number of fused-ring (bicyclic) bond motifs is 1. The number of aryl methyl sites for hydroxylation is 1. The zero-order valence-corrected chi connectivity index (χ0v) is 16.6. The van der Waals surface area contributed by atoms with Gasteiger partial charge < -0.3 is 10.1 Å². The SMILES string of the molecule is COc1ccc(Br)cc1-c1nn(-c2cccc(C)c2)c2c1CCCCN2. The van der Waals surface area contributed by atoms with Crippen LogP contribution in [0.2, 0.25) is 0 Å². The zero-order valence-electron chi connectivity index (χ0n) is 15.1. The summed E-state index contributed by atoms with van der Waals surface area (Å²) in [6.45, 7) is 3.08. The van der Waals surface area contributed by atoms with Gasteiger partial charge in [-0.15, -0.1) is 0 Å². The van der Waals surface area contributed by atoms with Gasteiger partial charge in [-0.05, 0) is 62.1 Å². The summed E-state index contributed by atoms with van der Waals surface area (Å²) in [5.74, 6) is 1.94. The lowest BCUT2D eigenvalue weighted by atomic mass is 10.0. The minimum Gasteiger partial charge on any atom is -0.496 e. The monoisotopic (exact) mass is 411 g/mol. The van der Waals surface area contributed by atoms with Crippen molar-refractivity contribution in [1.29, 1.82) is 0 Å². The fraction of sp³-hybridized carbons (Fsp3) is 0.286. The summed E-state index contributed by atoms with van der Waals surface area (Å²) in [6, 6.07) is 14.5. The molecule has 4 rings (SSSR count). The Balaban J connectivity index is 1.95. The van der Waals surface area contributed by atoms with E-state index in [-0.39, 0.29) is 0 Å². The van der Waals surface area contributed by atoms with Gasteiger partial charge in [0.05, 0.1) is 12.8 Å². The van der Waals surface area contributed by atoms with E-state index in [0.717, 1.165) is 58.8 Å². The van der Waals surface area contributed by atoms with Crippen LogP contribution >= 0.6 is 15.9 Å². The topological polar surface area (TPSA) is 39.1 Å². The molecule has 1 aliphatic rings. The molecule has 0 bridgehead atoms. The number of aromatic nitrogens is 2. The van der Waals surface area contributed by atoms with E-state index < -0.39 is 0 Å². The molecule has 0 fully saturated rings. The van der Waals surface area contributed by atoms with E-state index in [2.05, 4.69) is 58.5 Å². The number of halogens is 1. The van der Waals surface area contributed by atoms with E-state index in [0.29, 0.717) is 0 Å². The van der Waals surface area contributed by atoms with Crippen LogP contribution in [0, 0.1) is 6.92 Å². The molecule has 2 aromatic carbocycles. The van der Waals surface area contributed by atoms with Crippen molar-refractivity contribution in [3.05, 3.63) is 58.1 Å². The standard InChI is InChI=1S/C21H22BrN3O/c1-14-6-5-7-16(12-14)25-21-17(8-3-4-11-23-21)20(24-25)18-13-15(22)9-10-19(18)26-2/h5-7,9-10,12-13,23H,3-4,8,11H2,1-2H3. The van der Waals surface area contributed by atoms with Crippen molar-refractivity contribution in [2.24, 2.45) is 0 Å². The number of nitrogens with one attached hydrogen (secondary N) is 1. The Morgan fingerprint density at radius 3 is 2.85 bits per heavy atom. The van der Waals surface area contributed by atoms with Gasteiger partial charge in [-0.3, -0.25) is 0 Å². The molecule has 4 nitrogen and oxygen atoms in total. The molecule has 0 saturated carbocycles. The fourth-order valence-electron chi connectivity index (χ4n) is 3.53. The molecule has 0 radical (unpaired) electrons. The first kappa shape index (κ1) is 17.2. The van der Waals surface area contributed by atoms with Gasteiger partial charge in [-0.1, -0.05) is 28.1 Å². The lowest BCUT2D eigenvalue weighted by Gasteiger charge is -2.09. The van der Waals surface area contributed by atoms with E-state index in [1.54, 1.807) is 7.11 Å². The Bertz CT molecular complexity index is 948. The van der Waals surface area contributed by atoms with Gasteiger partial charge in [0, 0.05) is 22.1 Å². The van der Waals surface area contributed by atoms with Crippen LogP contribution < -0.4 is 10.1 Å². The Labute approximate surface area is 162 Å². The third-order valence-electron chi connectivity index (χ3n) is 4.79. The summed E-state index contributed by atoms with van der Waals surface area (Å²) >= 11 is 3.59. The molecule has 0 atom stereocenters. The van der Waals surface area contributed by atoms with Crippen LogP contribution in [0.5, 0.6) is 5.75 Å². The Kier molecular flexibility index (Phi) is 4.72. The van der Waals surface area contributed by atoms with Gasteiger partial charge in [0.25, 0.3) is 0 Å². The van der Waals surface area contributed by atoms with Crippen molar-refractivity contribution in [2.75, 3.05) is 19.0 Å². The van der Waals surface area contributed by atoms with Crippen molar-refractivity contribution in [3.63, 3.8) is 0 Å². The van der Waals surface area contributed by atoms with Crippen molar-refractivity contribution in [3.8, 4) is 22.7 Å². The van der Waals surface area contributed by atoms with Gasteiger partial charge in [-0.2, -0.15) is 5.10 Å². The molecule has 5 heteroatoms. The highest BCUT2D eigenvalue weighted by Gasteiger charge is 2.23. The third kappa shape index (κ3) is 3.12. The molecule has 0 amide bonds. The largest absolute Gasteiger partial charge is 0.496 e. The van der Waals surface area contributed by atoms with Crippen molar-refractivity contribution >= 4 is 21.7 Å². The smallest absolute Gasteiger partial charge is 0.133 e. The Morgan fingerprint density at radius 1 is 1.15 bits per heavy atom. The summed E-state index contributed by atoms with van der Waals surface area (Å²) in [5.41, 5.74) is 5.58. The van der Waals surface area contributed by atoms with E-state index in [1.807, 2.05) is 16.8 Å². The second kappa shape index (κ2) is 7.16. The van der Waals surface area contributed by atoms with E-state index in [1.165, 1.54) is 11.1 Å². The van der Waals surface area contributed by atoms with Crippen LogP contribution in [0.1, 0.15) is 24.0 Å². The summed E-state index contributed by atoms with van der Waals surface area (Å²) < 4.78 is 8.69.